The summed E-state index contributed by atoms with van der Waals surface area (Å²) in [5.74, 6) is 2.04. The van der Waals surface area contributed by atoms with Crippen LogP contribution in [0.25, 0.3) is 0 Å². The number of Topliss-reactive ketones (excluding diaryl/α,β-unsaturated/α-hetero) is 1. The van der Waals surface area contributed by atoms with E-state index in [2.05, 4.69) is 68.4 Å². The standard InChI is InChI=1S/C31H50O/c1-25(2)16-17-27(5)13-10-21-28(6,23(27)20-25)14-11-22-29(21,7)18-19-31(9)26(3,4)24(32)12-15-30(22,31)8/h10,22-23H,11-20H2,1-9H3/t22-,23+,27-,28+,29-,30+,31-/m0/s1. The lowest BCUT2D eigenvalue weighted by Gasteiger charge is -2.72. The zero-order chi connectivity index (χ0) is 23.6. The van der Waals surface area contributed by atoms with Gasteiger partial charge >= 0.3 is 0 Å². The molecule has 5 rings (SSSR count). The molecule has 4 fully saturated rings. The fraction of sp³-hybridized carbons (Fsp3) is 0.903. The fourth-order valence-corrected chi connectivity index (χ4v) is 10.8. The molecule has 4 saturated carbocycles. The summed E-state index contributed by atoms with van der Waals surface area (Å²) in [6.45, 7) is 22.6. The minimum Gasteiger partial charge on any atom is -0.299 e. The summed E-state index contributed by atoms with van der Waals surface area (Å²) in [5.41, 5.74) is 3.66. The van der Waals surface area contributed by atoms with Crippen LogP contribution in [-0.4, -0.2) is 5.78 Å². The predicted molar refractivity (Wildman–Crippen MR) is 134 cm³/mol. The number of rotatable bonds is 0. The third kappa shape index (κ3) is 2.55. The average Bonchev–Trinajstić information content (AvgIpc) is 2.69. The van der Waals surface area contributed by atoms with Crippen LogP contribution >= 0.6 is 0 Å². The Balaban J connectivity index is 1.59. The predicted octanol–water partition coefficient (Wildman–Crippen LogP) is 8.77. The second-order valence-corrected chi connectivity index (χ2v) is 15.6. The molecular formula is C31H50O. The zero-order valence-electron chi connectivity index (χ0n) is 22.7. The van der Waals surface area contributed by atoms with Crippen LogP contribution in [0.2, 0.25) is 0 Å². The third-order valence-corrected chi connectivity index (χ3v) is 13.6. The van der Waals surface area contributed by atoms with Gasteiger partial charge in [-0.25, -0.2) is 0 Å². The monoisotopic (exact) mass is 438 g/mol. The Morgan fingerprint density at radius 3 is 2.09 bits per heavy atom. The minimum absolute atomic E-state index is 0.115. The van der Waals surface area contributed by atoms with E-state index in [-0.39, 0.29) is 16.2 Å². The molecule has 0 bridgehead atoms. The van der Waals surface area contributed by atoms with E-state index in [1.807, 2.05) is 5.57 Å². The van der Waals surface area contributed by atoms with Gasteiger partial charge in [-0.2, -0.15) is 0 Å². The van der Waals surface area contributed by atoms with Crippen LogP contribution in [0.5, 0.6) is 0 Å². The van der Waals surface area contributed by atoms with Crippen molar-refractivity contribution in [1.29, 1.82) is 0 Å². The van der Waals surface area contributed by atoms with Crippen LogP contribution in [0.15, 0.2) is 11.6 Å². The number of carbonyl (C=O) groups excluding carboxylic acids is 1. The van der Waals surface area contributed by atoms with E-state index >= 15 is 0 Å². The van der Waals surface area contributed by atoms with Crippen LogP contribution in [0, 0.1) is 49.7 Å². The summed E-state index contributed by atoms with van der Waals surface area (Å²) in [7, 11) is 0. The highest BCUT2D eigenvalue weighted by Gasteiger charge is 2.70. The van der Waals surface area contributed by atoms with Crippen LogP contribution in [0.4, 0.5) is 0 Å². The van der Waals surface area contributed by atoms with Gasteiger partial charge in [-0.15, -0.1) is 0 Å². The van der Waals surface area contributed by atoms with Gasteiger partial charge in [0.05, 0.1) is 0 Å². The summed E-state index contributed by atoms with van der Waals surface area (Å²) >= 11 is 0. The Hall–Kier alpha value is -0.590. The van der Waals surface area contributed by atoms with Crippen molar-refractivity contribution in [1.82, 2.24) is 0 Å². The molecule has 32 heavy (non-hydrogen) atoms. The van der Waals surface area contributed by atoms with E-state index in [4.69, 9.17) is 0 Å². The van der Waals surface area contributed by atoms with Crippen molar-refractivity contribution in [2.24, 2.45) is 49.7 Å². The van der Waals surface area contributed by atoms with Gasteiger partial charge in [0.2, 0.25) is 0 Å². The third-order valence-electron chi connectivity index (χ3n) is 13.6. The lowest BCUT2D eigenvalue weighted by atomic mass is 9.31. The zero-order valence-corrected chi connectivity index (χ0v) is 22.7. The lowest BCUT2D eigenvalue weighted by Crippen LogP contribution is -2.66. The highest BCUT2D eigenvalue weighted by Crippen LogP contribution is 2.77. The summed E-state index contributed by atoms with van der Waals surface area (Å²) < 4.78 is 0. The van der Waals surface area contributed by atoms with E-state index in [1.54, 1.807) is 0 Å². The number of ketones is 1. The molecule has 0 aromatic rings. The van der Waals surface area contributed by atoms with Gasteiger partial charge in [-0.3, -0.25) is 4.79 Å². The van der Waals surface area contributed by atoms with E-state index in [0.29, 0.717) is 33.4 Å². The summed E-state index contributed by atoms with van der Waals surface area (Å²) in [5, 5.41) is 0. The van der Waals surface area contributed by atoms with Gasteiger partial charge in [0, 0.05) is 11.8 Å². The molecule has 0 N–H and O–H groups in total. The van der Waals surface area contributed by atoms with Crippen LogP contribution in [0.1, 0.15) is 127 Å². The molecule has 0 amide bonds. The van der Waals surface area contributed by atoms with E-state index in [0.717, 1.165) is 18.8 Å². The van der Waals surface area contributed by atoms with Crippen molar-refractivity contribution in [2.75, 3.05) is 0 Å². The van der Waals surface area contributed by atoms with Gasteiger partial charge in [-0.05, 0) is 102 Å². The first-order valence-electron chi connectivity index (χ1n) is 13.8. The smallest absolute Gasteiger partial charge is 0.139 e. The first kappa shape index (κ1) is 23.2. The normalized spacial score (nSPS) is 53.9. The van der Waals surface area contributed by atoms with E-state index in [1.165, 1.54) is 51.4 Å². The summed E-state index contributed by atoms with van der Waals surface area (Å²) in [6.07, 6.45) is 15.3. The van der Waals surface area contributed by atoms with Crippen molar-refractivity contribution in [3.8, 4) is 0 Å². The topological polar surface area (TPSA) is 17.1 Å². The maximum Gasteiger partial charge on any atom is 0.139 e. The van der Waals surface area contributed by atoms with Crippen molar-refractivity contribution in [3.63, 3.8) is 0 Å². The molecule has 1 heteroatoms. The SMILES string of the molecule is CC1(C)CC[C@]2(C)CC=C3[C@]4(C)CC[C@@]5(C)C(C)(C)C(=O)CC[C@]5(C)[C@H]4CC[C@@]3(C)[C@@H]2C1. The summed E-state index contributed by atoms with van der Waals surface area (Å²) in [4.78, 5) is 13.1. The molecule has 0 heterocycles. The van der Waals surface area contributed by atoms with Crippen molar-refractivity contribution < 1.29 is 4.79 Å². The fourth-order valence-electron chi connectivity index (χ4n) is 10.8. The molecule has 0 aromatic heterocycles. The Morgan fingerprint density at radius 1 is 0.750 bits per heavy atom. The first-order chi connectivity index (χ1) is 14.6. The molecular weight excluding hydrogens is 388 g/mol. The second-order valence-electron chi connectivity index (χ2n) is 15.6. The van der Waals surface area contributed by atoms with Gasteiger partial charge in [0.15, 0.2) is 0 Å². The number of carbonyl (C=O) groups is 1. The van der Waals surface area contributed by atoms with Crippen LogP contribution in [0.3, 0.4) is 0 Å². The Bertz CT molecular complexity index is 877. The molecule has 0 radical (unpaired) electrons. The Morgan fingerprint density at radius 2 is 1.41 bits per heavy atom. The highest BCUT2D eigenvalue weighted by atomic mass is 16.1. The van der Waals surface area contributed by atoms with Crippen LogP contribution in [-0.2, 0) is 4.79 Å². The molecule has 180 valence electrons. The Labute approximate surface area is 198 Å². The molecule has 0 aliphatic heterocycles. The van der Waals surface area contributed by atoms with Gasteiger partial charge < -0.3 is 0 Å². The maximum atomic E-state index is 13.1. The van der Waals surface area contributed by atoms with Crippen LogP contribution < -0.4 is 0 Å². The molecule has 5 aliphatic carbocycles. The maximum absolute atomic E-state index is 13.1. The number of fused-ring (bicyclic) bond motifs is 7. The van der Waals surface area contributed by atoms with Gasteiger partial charge in [0.25, 0.3) is 0 Å². The van der Waals surface area contributed by atoms with Crippen molar-refractivity contribution in [2.45, 2.75) is 127 Å². The highest BCUT2D eigenvalue weighted by molar-refractivity contribution is 5.86. The number of hydrogen-bond donors (Lipinski definition) is 0. The molecule has 0 unspecified atom stereocenters. The van der Waals surface area contributed by atoms with Crippen molar-refractivity contribution in [3.05, 3.63) is 11.6 Å². The summed E-state index contributed by atoms with van der Waals surface area (Å²) in [6, 6.07) is 0. The molecule has 0 saturated heterocycles. The largest absolute Gasteiger partial charge is 0.299 e. The van der Waals surface area contributed by atoms with Gasteiger partial charge in [0.1, 0.15) is 5.78 Å². The molecule has 7 atom stereocenters. The Kier molecular flexibility index (Phi) is 4.59. The average molecular weight is 439 g/mol. The quantitative estimate of drug-likeness (QED) is 0.345. The van der Waals surface area contributed by atoms with Crippen molar-refractivity contribution >= 4 is 5.78 Å². The van der Waals surface area contributed by atoms with Gasteiger partial charge in [-0.1, -0.05) is 74.0 Å². The second kappa shape index (κ2) is 6.34. The minimum atomic E-state index is -0.199. The number of hydrogen-bond acceptors (Lipinski definition) is 1. The first-order valence-corrected chi connectivity index (χ1v) is 13.8. The molecule has 5 aliphatic rings. The number of allylic oxidation sites excluding steroid dienone is 2. The molecule has 0 spiro atoms. The molecule has 1 nitrogen and oxygen atoms in total. The van der Waals surface area contributed by atoms with E-state index in [9.17, 15) is 4.79 Å². The molecule has 0 aromatic carbocycles. The lowest BCUT2D eigenvalue weighted by molar-refractivity contribution is -0.204. The van der Waals surface area contributed by atoms with E-state index < -0.39 is 0 Å².